The van der Waals surface area contributed by atoms with E-state index in [2.05, 4.69) is 25.5 Å². The molecule has 0 radical (unpaired) electrons. The van der Waals surface area contributed by atoms with E-state index < -0.39 is 0 Å². The van der Waals surface area contributed by atoms with E-state index in [1.807, 2.05) is 38.2 Å². The number of likely N-dealkylation sites (tertiary alicyclic amines) is 1. The van der Waals surface area contributed by atoms with Crippen molar-refractivity contribution in [1.82, 2.24) is 14.9 Å². The van der Waals surface area contributed by atoms with Gasteiger partial charge in [-0.15, -0.1) is 0 Å². The summed E-state index contributed by atoms with van der Waals surface area (Å²) in [5.74, 6) is 3.41. The van der Waals surface area contributed by atoms with E-state index in [0.717, 1.165) is 47.8 Å². The fourth-order valence-corrected chi connectivity index (χ4v) is 4.24. The molecule has 7 heteroatoms. The van der Waals surface area contributed by atoms with E-state index in [1.54, 1.807) is 7.11 Å². The van der Waals surface area contributed by atoms with Crippen molar-refractivity contribution in [2.24, 2.45) is 5.92 Å². The standard InChI is InChI=1S/C22H31N5O2/c1-15-10-21(23-2)26-22(24-15)25-17-8-9-19(28-3)20(11-17)29-14-16-12-27(13-16)18-6-4-5-7-18/h8-11,16,18H,4-7,12-14H2,1-3H3,(H2,23,24,25,26). The van der Waals surface area contributed by atoms with Crippen LogP contribution in [0.4, 0.5) is 17.5 Å². The van der Waals surface area contributed by atoms with Gasteiger partial charge in [0.1, 0.15) is 5.82 Å². The molecule has 7 nitrogen and oxygen atoms in total. The van der Waals surface area contributed by atoms with Crippen molar-refractivity contribution in [2.45, 2.75) is 38.6 Å². The summed E-state index contributed by atoms with van der Waals surface area (Å²) in [6.45, 7) is 4.96. The fraction of sp³-hybridized carbons (Fsp3) is 0.545. The highest BCUT2D eigenvalue weighted by Gasteiger charge is 2.34. The molecule has 2 fully saturated rings. The quantitative estimate of drug-likeness (QED) is 0.701. The molecule has 1 aliphatic carbocycles. The Morgan fingerprint density at radius 3 is 2.62 bits per heavy atom. The monoisotopic (exact) mass is 397 g/mol. The largest absolute Gasteiger partial charge is 0.493 e. The molecule has 1 saturated carbocycles. The average Bonchev–Trinajstić information content (AvgIpc) is 3.20. The third kappa shape index (κ3) is 4.72. The second-order valence-electron chi connectivity index (χ2n) is 8.03. The molecule has 0 atom stereocenters. The number of aryl methyl sites for hydroxylation is 1. The van der Waals surface area contributed by atoms with Crippen LogP contribution in [0.25, 0.3) is 0 Å². The molecule has 2 aliphatic rings. The Kier molecular flexibility index (Phi) is 6.04. The van der Waals surface area contributed by atoms with Gasteiger partial charge in [-0.2, -0.15) is 4.98 Å². The minimum Gasteiger partial charge on any atom is -0.493 e. The first-order chi connectivity index (χ1) is 14.1. The summed E-state index contributed by atoms with van der Waals surface area (Å²) in [6.07, 6.45) is 5.51. The Balaban J connectivity index is 1.37. The third-order valence-electron chi connectivity index (χ3n) is 5.83. The van der Waals surface area contributed by atoms with Crippen molar-refractivity contribution < 1.29 is 9.47 Å². The van der Waals surface area contributed by atoms with Crippen molar-refractivity contribution in [2.75, 3.05) is 44.5 Å². The fourth-order valence-electron chi connectivity index (χ4n) is 4.24. The van der Waals surface area contributed by atoms with Gasteiger partial charge in [-0.3, -0.25) is 4.90 Å². The van der Waals surface area contributed by atoms with Crippen LogP contribution in [0, 0.1) is 12.8 Å². The highest BCUT2D eigenvalue weighted by atomic mass is 16.5. The second kappa shape index (κ2) is 8.86. The van der Waals surface area contributed by atoms with E-state index >= 15 is 0 Å². The zero-order chi connectivity index (χ0) is 20.2. The molecular weight excluding hydrogens is 366 g/mol. The summed E-state index contributed by atoms with van der Waals surface area (Å²) in [6, 6.07) is 8.53. The predicted octanol–water partition coefficient (Wildman–Crippen LogP) is 3.83. The predicted molar refractivity (Wildman–Crippen MR) is 115 cm³/mol. The summed E-state index contributed by atoms with van der Waals surface area (Å²) in [5, 5.41) is 6.32. The third-order valence-corrected chi connectivity index (χ3v) is 5.83. The number of benzene rings is 1. The molecule has 156 valence electrons. The molecule has 1 saturated heterocycles. The first-order valence-electron chi connectivity index (χ1n) is 10.5. The molecule has 1 aliphatic heterocycles. The molecule has 4 rings (SSSR count). The van der Waals surface area contributed by atoms with Crippen LogP contribution in [0.2, 0.25) is 0 Å². The molecule has 1 aromatic carbocycles. The smallest absolute Gasteiger partial charge is 0.229 e. The lowest BCUT2D eigenvalue weighted by molar-refractivity contribution is 0.0273. The van der Waals surface area contributed by atoms with Crippen LogP contribution < -0.4 is 20.1 Å². The number of nitrogens with one attached hydrogen (secondary N) is 2. The van der Waals surface area contributed by atoms with Crippen LogP contribution in [0.15, 0.2) is 24.3 Å². The molecule has 0 amide bonds. The molecule has 0 unspecified atom stereocenters. The minimum absolute atomic E-state index is 0.552. The maximum absolute atomic E-state index is 6.15. The number of aromatic nitrogens is 2. The van der Waals surface area contributed by atoms with E-state index in [0.29, 0.717) is 18.5 Å². The minimum atomic E-state index is 0.552. The Hall–Kier alpha value is -2.54. The van der Waals surface area contributed by atoms with Gasteiger partial charge in [-0.25, -0.2) is 4.98 Å². The lowest BCUT2D eigenvalue weighted by atomic mass is 9.98. The molecule has 2 N–H and O–H groups in total. The maximum atomic E-state index is 6.15. The highest BCUT2D eigenvalue weighted by Crippen LogP contribution is 2.33. The number of nitrogens with zero attached hydrogens (tertiary/aromatic N) is 3. The Labute approximate surface area is 172 Å². The summed E-state index contributed by atoms with van der Waals surface area (Å²) in [5.41, 5.74) is 1.77. The van der Waals surface area contributed by atoms with E-state index in [9.17, 15) is 0 Å². The number of hydrogen-bond donors (Lipinski definition) is 2. The van der Waals surface area contributed by atoms with Crippen LogP contribution in [0.1, 0.15) is 31.4 Å². The van der Waals surface area contributed by atoms with E-state index in [-0.39, 0.29) is 0 Å². The van der Waals surface area contributed by atoms with Crippen LogP contribution in [0.5, 0.6) is 11.5 Å². The van der Waals surface area contributed by atoms with Crippen LogP contribution in [-0.4, -0.2) is 54.8 Å². The van der Waals surface area contributed by atoms with Gasteiger partial charge in [-0.1, -0.05) is 12.8 Å². The topological polar surface area (TPSA) is 71.5 Å². The van der Waals surface area contributed by atoms with Crippen molar-refractivity contribution in [1.29, 1.82) is 0 Å². The molecule has 0 bridgehead atoms. The summed E-state index contributed by atoms with van der Waals surface area (Å²) >= 11 is 0. The van der Waals surface area contributed by atoms with Crippen molar-refractivity contribution in [3.8, 4) is 11.5 Å². The number of ether oxygens (including phenoxy) is 2. The first-order valence-corrected chi connectivity index (χ1v) is 10.5. The summed E-state index contributed by atoms with van der Waals surface area (Å²) in [7, 11) is 3.52. The SMILES string of the molecule is CNc1cc(C)nc(Nc2ccc(OC)c(OCC3CN(C4CCCC4)C3)c2)n1. The van der Waals surface area contributed by atoms with Gasteiger partial charge in [0.05, 0.1) is 13.7 Å². The zero-order valence-electron chi connectivity index (χ0n) is 17.6. The number of anilines is 3. The van der Waals surface area contributed by atoms with Gasteiger partial charge in [-0.05, 0) is 31.9 Å². The lowest BCUT2D eigenvalue weighted by Gasteiger charge is -2.43. The maximum Gasteiger partial charge on any atom is 0.229 e. The van der Waals surface area contributed by atoms with Crippen molar-refractivity contribution in [3.63, 3.8) is 0 Å². The average molecular weight is 398 g/mol. The van der Waals surface area contributed by atoms with Gasteiger partial charge in [0, 0.05) is 55.6 Å². The van der Waals surface area contributed by atoms with Crippen molar-refractivity contribution >= 4 is 17.5 Å². The van der Waals surface area contributed by atoms with Gasteiger partial charge >= 0.3 is 0 Å². The second-order valence-corrected chi connectivity index (χ2v) is 8.03. The summed E-state index contributed by atoms with van der Waals surface area (Å²) < 4.78 is 11.6. The molecule has 29 heavy (non-hydrogen) atoms. The van der Waals surface area contributed by atoms with Crippen LogP contribution in [0.3, 0.4) is 0 Å². The molecule has 2 heterocycles. The van der Waals surface area contributed by atoms with Gasteiger partial charge < -0.3 is 20.1 Å². The van der Waals surface area contributed by atoms with Gasteiger partial charge in [0.15, 0.2) is 11.5 Å². The summed E-state index contributed by atoms with van der Waals surface area (Å²) in [4.78, 5) is 11.5. The van der Waals surface area contributed by atoms with E-state index in [4.69, 9.17) is 9.47 Å². The van der Waals surface area contributed by atoms with E-state index in [1.165, 1.54) is 25.7 Å². The Bertz CT molecular complexity index is 832. The number of hydrogen-bond acceptors (Lipinski definition) is 7. The van der Waals surface area contributed by atoms with Crippen LogP contribution in [-0.2, 0) is 0 Å². The normalized spacial score (nSPS) is 17.8. The molecular formula is C22H31N5O2. The molecule has 2 aromatic rings. The zero-order valence-corrected chi connectivity index (χ0v) is 17.6. The van der Waals surface area contributed by atoms with Crippen molar-refractivity contribution in [3.05, 3.63) is 30.0 Å². The molecule has 1 aromatic heterocycles. The molecule has 0 spiro atoms. The number of methoxy groups -OCH3 is 1. The first kappa shape index (κ1) is 19.8. The highest BCUT2D eigenvalue weighted by molar-refractivity contribution is 5.60. The van der Waals surface area contributed by atoms with Gasteiger partial charge in [0.25, 0.3) is 0 Å². The Morgan fingerprint density at radius 2 is 1.90 bits per heavy atom. The van der Waals surface area contributed by atoms with Crippen LogP contribution >= 0.6 is 0 Å². The Morgan fingerprint density at radius 1 is 1.10 bits per heavy atom. The lowest BCUT2D eigenvalue weighted by Crippen LogP contribution is -2.53. The number of rotatable bonds is 8. The van der Waals surface area contributed by atoms with Gasteiger partial charge in [0.2, 0.25) is 5.95 Å².